The van der Waals surface area contributed by atoms with E-state index in [4.69, 9.17) is 4.74 Å². The highest BCUT2D eigenvalue weighted by molar-refractivity contribution is 5.49. The van der Waals surface area contributed by atoms with Gasteiger partial charge in [-0.1, -0.05) is 0 Å². The fraction of sp³-hybridized carbons (Fsp3) is 0.500. The number of aliphatic hydroxyl groups is 1. The number of aryl methyl sites for hydroxylation is 1. The minimum atomic E-state index is -1.05. The van der Waals surface area contributed by atoms with Crippen LogP contribution < -0.4 is 4.90 Å². The zero-order valence-electron chi connectivity index (χ0n) is 13.0. The normalized spacial score (nSPS) is 13.2. The van der Waals surface area contributed by atoms with Crippen LogP contribution in [-0.4, -0.2) is 43.9 Å². The van der Waals surface area contributed by atoms with Crippen LogP contribution in [0, 0.1) is 6.92 Å². The fourth-order valence-corrected chi connectivity index (χ4v) is 1.85. The molecule has 0 bridgehead atoms. The summed E-state index contributed by atoms with van der Waals surface area (Å²) >= 11 is 0. The van der Waals surface area contributed by atoms with E-state index in [0.717, 1.165) is 17.1 Å². The molecule has 0 aliphatic carbocycles. The van der Waals surface area contributed by atoms with Crippen LogP contribution in [0.2, 0.25) is 0 Å². The number of hydrogen-bond donors (Lipinski definition) is 1. The van der Waals surface area contributed by atoms with Crippen molar-refractivity contribution in [3.8, 4) is 5.69 Å². The third-order valence-corrected chi connectivity index (χ3v) is 2.85. The van der Waals surface area contributed by atoms with Crippen molar-refractivity contribution >= 4 is 5.69 Å². The highest BCUT2D eigenvalue weighted by Crippen LogP contribution is 2.22. The Balaban J connectivity index is 2.23. The lowest BCUT2D eigenvalue weighted by Crippen LogP contribution is -2.39. The maximum Gasteiger partial charge on any atom is 0.238 e. The molecule has 0 amide bonds. The van der Waals surface area contributed by atoms with Crippen molar-refractivity contribution in [2.45, 2.75) is 39.7 Å². The zero-order chi connectivity index (χ0) is 15.6. The molecule has 1 atom stereocenters. The molecule has 0 saturated carbocycles. The lowest BCUT2D eigenvalue weighted by Gasteiger charge is -2.30. The Labute approximate surface area is 124 Å². The first-order valence-corrected chi connectivity index (χ1v) is 6.68. The Morgan fingerprint density at radius 1 is 1.29 bits per heavy atom. The molecule has 1 unspecified atom stereocenters. The average Bonchev–Trinajstić information content (AvgIpc) is 2.79. The van der Waals surface area contributed by atoms with Crippen molar-refractivity contribution in [1.29, 1.82) is 0 Å². The second-order valence-corrected chi connectivity index (χ2v) is 5.81. The predicted octanol–water partition coefficient (Wildman–Crippen LogP) is 1.50. The first-order chi connectivity index (χ1) is 9.78. The summed E-state index contributed by atoms with van der Waals surface area (Å²) in [5.74, 6) is 0. The van der Waals surface area contributed by atoms with E-state index < -0.39 is 12.0 Å². The highest BCUT2D eigenvalue weighted by Gasteiger charge is 2.23. The second-order valence-electron chi connectivity index (χ2n) is 5.81. The number of nitrogens with zero attached hydrogens (tertiary/aromatic N) is 5. The Bertz CT molecular complexity index is 591. The molecule has 7 heteroatoms. The molecule has 1 N–H and O–H groups in total. The van der Waals surface area contributed by atoms with Crippen molar-refractivity contribution in [2.75, 3.05) is 11.9 Å². The average molecular weight is 291 g/mol. The Morgan fingerprint density at radius 2 is 1.90 bits per heavy atom. The summed E-state index contributed by atoms with van der Waals surface area (Å²) in [5, 5.41) is 14.6. The first kappa shape index (κ1) is 15.4. The van der Waals surface area contributed by atoms with Gasteiger partial charge in [0.1, 0.15) is 12.0 Å². The van der Waals surface area contributed by atoms with E-state index >= 15 is 0 Å². The van der Waals surface area contributed by atoms with Crippen LogP contribution in [0.15, 0.2) is 24.9 Å². The lowest BCUT2D eigenvalue weighted by atomic mass is 10.2. The molecule has 7 nitrogen and oxygen atoms in total. The lowest BCUT2D eigenvalue weighted by molar-refractivity contribution is -0.162. The standard InChI is InChI=1S/C14H21N5O2/c1-10-12(18(5)13(20)21-14(2,3)4)8-19(17-10)11-6-15-9-16-7-11/h6-9,13,20H,1-5H3. The van der Waals surface area contributed by atoms with E-state index in [-0.39, 0.29) is 0 Å². The summed E-state index contributed by atoms with van der Waals surface area (Å²) in [6.07, 6.45) is 5.57. The largest absolute Gasteiger partial charge is 0.351 e. The van der Waals surface area contributed by atoms with Gasteiger partial charge in [-0.05, 0) is 27.7 Å². The van der Waals surface area contributed by atoms with Gasteiger partial charge in [0.2, 0.25) is 6.41 Å². The van der Waals surface area contributed by atoms with Crippen molar-refractivity contribution in [3.63, 3.8) is 0 Å². The molecule has 21 heavy (non-hydrogen) atoms. The quantitative estimate of drug-likeness (QED) is 0.860. The predicted molar refractivity (Wildman–Crippen MR) is 79.1 cm³/mol. The van der Waals surface area contributed by atoms with E-state index in [1.807, 2.05) is 33.9 Å². The minimum Gasteiger partial charge on any atom is -0.351 e. The van der Waals surface area contributed by atoms with Gasteiger partial charge in [0.05, 0.1) is 35.6 Å². The molecule has 0 aromatic carbocycles. The number of aliphatic hydroxyl groups excluding tert-OH is 1. The maximum absolute atomic E-state index is 10.2. The third-order valence-electron chi connectivity index (χ3n) is 2.85. The van der Waals surface area contributed by atoms with Gasteiger partial charge in [-0.25, -0.2) is 14.6 Å². The molecule has 2 rings (SSSR count). The number of aromatic nitrogens is 4. The Kier molecular flexibility index (Phi) is 4.24. The van der Waals surface area contributed by atoms with Gasteiger partial charge in [-0.3, -0.25) is 0 Å². The van der Waals surface area contributed by atoms with Gasteiger partial charge in [0, 0.05) is 7.05 Å². The number of rotatable bonds is 4. The molecule has 0 radical (unpaired) electrons. The van der Waals surface area contributed by atoms with E-state index in [9.17, 15) is 5.11 Å². The van der Waals surface area contributed by atoms with E-state index in [1.54, 1.807) is 29.0 Å². The van der Waals surface area contributed by atoms with Crippen molar-refractivity contribution in [1.82, 2.24) is 19.7 Å². The van der Waals surface area contributed by atoms with Gasteiger partial charge in [0.15, 0.2) is 0 Å². The van der Waals surface area contributed by atoms with Crippen LogP contribution in [0.5, 0.6) is 0 Å². The Hall–Kier alpha value is -1.99. The van der Waals surface area contributed by atoms with Crippen LogP contribution in [0.4, 0.5) is 5.69 Å². The summed E-state index contributed by atoms with van der Waals surface area (Å²) in [5.41, 5.74) is 1.87. The molecule has 0 fully saturated rings. The summed E-state index contributed by atoms with van der Waals surface area (Å²) < 4.78 is 7.22. The number of hydrogen-bond acceptors (Lipinski definition) is 6. The first-order valence-electron chi connectivity index (χ1n) is 6.68. The van der Waals surface area contributed by atoms with Crippen LogP contribution in [0.1, 0.15) is 26.5 Å². The Morgan fingerprint density at radius 3 is 2.48 bits per heavy atom. The maximum atomic E-state index is 10.2. The van der Waals surface area contributed by atoms with E-state index in [0.29, 0.717) is 0 Å². The summed E-state index contributed by atoms with van der Waals surface area (Å²) in [6, 6.07) is 0. The van der Waals surface area contributed by atoms with Crippen LogP contribution >= 0.6 is 0 Å². The topological polar surface area (TPSA) is 76.3 Å². The summed E-state index contributed by atoms with van der Waals surface area (Å²) in [4.78, 5) is 9.57. The molecule has 0 spiro atoms. The van der Waals surface area contributed by atoms with Gasteiger partial charge in [0.25, 0.3) is 0 Å². The molecule has 0 saturated heterocycles. The number of ether oxygens (including phenoxy) is 1. The van der Waals surface area contributed by atoms with Crippen molar-refractivity contribution < 1.29 is 9.84 Å². The molecular formula is C14H21N5O2. The second kappa shape index (κ2) is 5.79. The smallest absolute Gasteiger partial charge is 0.238 e. The fourth-order valence-electron chi connectivity index (χ4n) is 1.85. The number of anilines is 1. The zero-order valence-corrected chi connectivity index (χ0v) is 13.0. The molecular weight excluding hydrogens is 270 g/mol. The molecule has 2 heterocycles. The molecule has 114 valence electrons. The molecule has 0 aliphatic rings. The highest BCUT2D eigenvalue weighted by atomic mass is 16.6. The SMILES string of the molecule is Cc1nn(-c2cncnc2)cc1N(C)C(O)OC(C)(C)C. The third kappa shape index (κ3) is 3.77. The van der Waals surface area contributed by atoms with Gasteiger partial charge < -0.3 is 14.7 Å². The molecule has 2 aromatic rings. The van der Waals surface area contributed by atoms with Crippen molar-refractivity contribution in [2.24, 2.45) is 0 Å². The van der Waals surface area contributed by atoms with Crippen molar-refractivity contribution in [3.05, 3.63) is 30.6 Å². The van der Waals surface area contributed by atoms with Crippen LogP contribution in [0.3, 0.4) is 0 Å². The van der Waals surface area contributed by atoms with Gasteiger partial charge in [-0.15, -0.1) is 0 Å². The van der Waals surface area contributed by atoms with E-state index in [1.165, 1.54) is 6.33 Å². The summed E-state index contributed by atoms with van der Waals surface area (Å²) in [6.45, 7) is 7.54. The van der Waals surface area contributed by atoms with Crippen LogP contribution in [0.25, 0.3) is 5.69 Å². The molecule has 0 aliphatic heterocycles. The van der Waals surface area contributed by atoms with Crippen LogP contribution in [-0.2, 0) is 4.74 Å². The minimum absolute atomic E-state index is 0.440. The van der Waals surface area contributed by atoms with Gasteiger partial charge >= 0.3 is 0 Å². The van der Waals surface area contributed by atoms with Gasteiger partial charge in [-0.2, -0.15) is 5.10 Å². The monoisotopic (exact) mass is 291 g/mol. The molecule has 2 aromatic heterocycles. The van der Waals surface area contributed by atoms with E-state index in [2.05, 4.69) is 15.1 Å². The summed E-state index contributed by atoms with van der Waals surface area (Å²) in [7, 11) is 1.76.